The molecule has 1 atom stereocenters. The van der Waals surface area contributed by atoms with Crippen LogP contribution in [0.1, 0.15) is 11.7 Å². The minimum absolute atomic E-state index is 0.339. The maximum Gasteiger partial charge on any atom is 0.0945 e. The van der Waals surface area contributed by atoms with E-state index in [0.717, 1.165) is 12.1 Å². The Hall–Kier alpha value is -0.0700. The lowest BCUT2D eigenvalue weighted by molar-refractivity contribution is 0.126. The van der Waals surface area contributed by atoms with Crippen LogP contribution in [0.2, 0.25) is 0 Å². The molecule has 1 N–H and O–H groups in total. The standard InChI is InChI=1S/C9H13NO2S2/c1-12-4-3-10-6-8(11)7-2-5-13-9(7)14-10/h2,5,8,11H,3-4,6H2,1H3. The smallest absolute Gasteiger partial charge is 0.0945 e. The van der Waals surface area contributed by atoms with Crippen LogP contribution in [-0.4, -0.2) is 36.2 Å². The molecule has 0 saturated carbocycles. The van der Waals surface area contributed by atoms with Crippen LogP contribution in [0.4, 0.5) is 0 Å². The number of hydrogen-bond acceptors (Lipinski definition) is 5. The summed E-state index contributed by atoms with van der Waals surface area (Å²) in [5.74, 6) is 0. The number of aliphatic hydroxyl groups is 1. The zero-order valence-corrected chi connectivity index (χ0v) is 9.61. The van der Waals surface area contributed by atoms with Gasteiger partial charge in [-0.05, 0) is 23.4 Å². The van der Waals surface area contributed by atoms with E-state index in [1.165, 1.54) is 4.21 Å². The molecular formula is C9H13NO2S2. The van der Waals surface area contributed by atoms with Gasteiger partial charge in [-0.2, -0.15) is 0 Å². The Bertz CT molecular complexity index is 303. The molecule has 0 spiro atoms. The minimum atomic E-state index is -0.339. The van der Waals surface area contributed by atoms with Crippen molar-refractivity contribution in [3.8, 4) is 0 Å². The Labute approximate surface area is 91.8 Å². The Morgan fingerprint density at radius 3 is 3.36 bits per heavy atom. The number of ether oxygens (including phenoxy) is 1. The second kappa shape index (κ2) is 4.63. The summed E-state index contributed by atoms with van der Waals surface area (Å²) in [6, 6.07) is 2.01. The van der Waals surface area contributed by atoms with Crippen LogP contribution in [0, 0.1) is 0 Å². The Balaban J connectivity index is 2.02. The van der Waals surface area contributed by atoms with E-state index < -0.39 is 0 Å². The Kier molecular flexibility index (Phi) is 3.46. The topological polar surface area (TPSA) is 32.7 Å². The molecule has 2 heterocycles. The van der Waals surface area contributed by atoms with Crippen molar-refractivity contribution in [3.63, 3.8) is 0 Å². The van der Waals surface area contributed by atoms with Gasteiger partial charge in [0.1, 0.15) is 0 Å². The number of methoxy groups -OCH3 is 1. The van der Waals surface area contributed by atoms with Gasteiger partial charge in [-0.15, -0.1) is 11.3 Å². The Morgan fingerprint density at radius 2 is 2.57 bits per heavy atom. The molecule has 14 heavy (non-hydrogen) atoms. The third-order valence-corrected chi connectivity index (χ3v) is 4.38. The lowest BCUT2D eigenvalue weighted by atomic mass is 10.2. The van der Waals surface area contributed by atoms with Crippen molar-refractivity contribution in [2.75, 3.05) is 26.8 Å². The maximum atomic E-state index is 9.83. The zero-order valence-electron chi connectivity index (χ0n) is 7.97. The highest BCUT2D eigenvalue weighted by molar-refractivity contribution is 7.99. The van der Waals surface area contributed by atoms with Crippen LogP contribution in [0.5, 0.6) is 0 Å². The highest BCUT2D eigenvalue weighted by atomic mass is 32.2. The predicted molar refractivity (Wildman–Crippen MR) is 58.6 cm³/mol. The summed E-state index contributed by atoms with van der Waals surface area (Å²) in [5.41, 5.74) is 1.08. The van der Waals surface area contributed by atoms with E-state index in [1.54, 1.807) is 30.4 Å². The van der Waals surface area contributed by atoms with E-state index >= 15 is 0 Å². The Morgan fingerprint density at radius 1 is 1.71 bits per heavy atom. The van der Waals surface area contributed by atoms with Crippen molar-refractivity contribution in [2.24, 2.45) is 0 Å². The maximum absolute atomic E-state index is 9.83. The second-order valence-electron chi connectivity index (χ2n) is 3.15. The summed E-state index contributed by atoms with van der Waals surface area (Å²) in [7, 11) is 1.70. The number of β-amino-alcohol motifs (C(OH)–C–C–N with tert-alkyl or cyclic N) is 1. The molecule has 1 aliphatic rings. The normalized spacial score (nSPS) is 22.3. The fraction of sp³-hybridized carbons (Fsp3) is 0.556. The summed E-state index contributed by atoms with van der Waals surface area (Å²) in [5, 5.41) is 11.9. The largest absolute Gasteiger partial charge is 0.387 e. The first kappa shape index (κ1) is 10.4. The molecule has 0 fully saturated rings. The van der Waals surface area contributed by atoms with E-state index in [9.17, 15) is 5.11 Å². The average molecular weight is 231 g/mol. The molecule has 1 unspecified atom stereocenters. The van der Waals surface area contributed by atoms with Gasteiger partial charge in [0.15, 0.2) is 0 Å². The summed E-state index contributed by atoms with van der Waals surface area (Å²) in [4.78, 5) is 0. The van der Waals surface area contributed by atoms with E-state index in [-0.39, 0.29) is 6.10 Å². The van der Waals surface area contributed by atoms with E-state index in [1.807, 2.05) is 11.4 Å². The number of rotatable bonds is 3. The number of nitrogens with zero attached hydrogens (tertiary/aromatic N) is 1. The van der Waals surface area contributed by atoms with Crippen molar-refractivity contribution < 1.29 is 9.84 Å². The third-order valence-electron chi connectivity index (χ3n) is 2.15. The van der Waals surface area contributed by atoms with E-state index in [2.05, 4.69) is 4.31 Å². The third kappa shape index (κ3) is 2.12. The average Bonchev–Trinajstić information content (AvgIpc) is 2.63. The molecule has 2 rings (SSSR count). The van der Waals surface area contributed by atoms with Crippen LogP contribution in [0.3, 0.4) is 0 Å². The van der Waals surface area contributed by atoms with Gasteiger partial charge in [0, 0.05) is 25.8 Å². The molecule has 0 bridgehead atoms. The van der Waals surface area contributed by atoms with Crippen LogP contribution >= 0.6 is 23.3 Å². The molecular weight excluding hydrogens is 218 g/mol. The molecule has 0 aliphatic carbocycles. The highest BCUT2D eigenvalue weighted by Crippen LogP contribution is 2.40. The first-order valence-electron chi connectivity index (χ1n) is 4.48. The van der Waals surface area contributed by atoms with Gasteiger partial charge in [-0.25, -0.2) is 4.31 Å². The van der Waals surface area contributed by atoms with Gasteiger partial charge in [0.2, 0.25) is 0 Å². The second-order valence-corrected chi connectivity index (χ2v) is 5.43. The summed E-state index contributed by atoms with van der Waals surface area (Å²) < 4.78 is 8.37. The predicted octanol–water partition coefficient (Wildman–Crippen LogP) is 1.75. The molecule has 0 aromatic carbocycles. The molecule has 0 amide bonds. The van der Waals surface area contributed by atoms with Gasteiger partial charge in [0.25, 0.3) is 0 Å². The van der Waals surface area contributed by atoms with E-state index in [4.69, 9.17) is 4.74 Å². The first-order valence-corrected chi connectivity index (χ1v) is 6.14. The number of aliphatic hydroxyl groups excluding tert-OH is 1. The molecule has 5 heteroatoms. The van der Waals surface area contributed by atoms with Gasteiger partial charge < -0.3 is 9.84 Å². The van der Waals surface area contributed by atoms with Crippen LogP contribution in [-0.2, 0) is 4.74 Å². The van der Waals surface area contributed by atoms with Gasteiger partial charge in [-0.1, -0.05) is 0 Å². The molecule has 78 valence electrons. The SMILES string of the molecule is COCCN1CC(O)c2ccsc2S1. The van der Waals surface area contributed by atoms with Gasteiger partial charge >= 0.3 is 0 Å². The lowest BCUT2D eigenvalue weighted by Crippen LogP contribution is -2.28. The highest BCUT2D eigenvalue weighted by Gasteiger charge is 2.25. The van der Waals surface area contributed by atoms with Crippen LogP contribution < -0.4 is 0 Å². The monoisotopic (exact) mass is 231 g/mol. The van der Waals surface area contributed by atoms with E-state index in [0.29, 0.717) is 13.2 Å². The zero-order chi connectivity index (χ0) is 9.97. The molecule has 1 aliphatic heterocycles. The van der Waals surface area contributed by atoms with Crippen LogP contribution in [0.25, 0.3) is 0 Å². The van der Waals surface area contributed by atoms with Crippen molar-refractivity contribution in [1.82, 2.24) is 4.31 Å². The van der Waals surface area contributed by atoms with Crippen molar-refractivity contribution in [3.05, 3.63) is 17.0 Å². The molecule has 1 aromatic heterocycles. The fourth-order valence-electron chi connectivity index (χ4n) is 1.40. The molecule has 3 nitrogen and oxygen atoms in total. The number of hydrogen-bond donors (Lipinski definition) is 1. The van der Waals surface area contributed by atoms with Crippen LogP contribution in [0.15, 0.2) is 15.7 Å². The first-order chi connectivity index (χ1) is 6.81. The van der Waals surface area contributed by atoms with Crippen molar-refractivity contribution in [1.29, 1.82) is 0 Å². The summed E-state index contributed by atoms with van der Waals surface area (Å²) >= 11 is 3.41. The van der Waals surface area contributed by atoms with Crippen molar-refractivity contribution in [2.45, 2.75) is 10.3 Å². The molecule has 0 radical (unpaired) electrons. The van der Waals surface area contributed by atoms with Gasteiger partial charge in [0.05, 0.1) is 16.9 Å². The quantitative estimate of drug-likeness (QED) is 0.803. The summed E-state index contributed by atoms with van der Waals surface area (Å²) in [6.07, 6.45) is -0.339. The lowest BCUT2D eigenvalue weighted by Gasteiger charge is -2.28. The molecule has 1 aromatic rings. The van der Waals surface area contributed by atoms with Gasteiger partial charge in [-0.3, -0.25) is 0 Å². The summed E-state index contributed by atoms with van der Waals surface area (Å²) in [6.45, 7) is 2.26. The fourth-order valence-corrected chi connectivity index (χ4v) is 3.66. The van der Waals surface area contributed by atoms with Crippen molar-refractivity contribution >= 4 is 23.3 Å². The number of thiophene rings is 1. The number of fused-ring (bicyclic) bond motifs is 1. The molecule has 0 saturated heterocycles. The minimum Gasteiger partial charge on any atom is -0.387 e.